The summed E-state index contributed by atoms with van der Waals surface area (Å²) in [6.07, 6.45) is -3.09. The van der Waals surface area contributed by atoms with Gasteiger partial charge in [0, 0.05) is 30.2 Å². The van der Waals surface area contributed by atoms with Crippen LogP contribution in [0.15, 0.2) is 41.4 Å². The van der Waals surface area contributed by atoms with Crippen molar-refractivity contribution in [1.29, 1.82) is 0 Å². The number of carbonyl (C=O) groups excluding carboxylic acids is 1. The van der Waals surface area contributed by atoms with Crippen molar-refractivity contribution >= 4 is 26.8 Å². The molecule has 2 N–H and O–H groups in total. The van der Waals surface area contributed by atoms with E-state index in [0.717, 1.165) is 7.05 Å². The van der Waals surface area contributed by atoms with Gasteiger partial charge in [0.05, 0.1) is 4.90 Å². The lowest BCUT2D eigenvalue weighted by Gasteiger charge is -2.05. The minimum atomic E-state index is -4.71. The number of amides is 1. The van der Waals surface area contributed by atoms with Crippen LogP contribution in [-0.2, 0) is 23.2 Å². The molecule has 7 nitrogen and oxygen atoms in total. The number of alkyl halides is 3. The molecule has 11 heteroatoms. The van der Waals surface area contributed by atoms with Crippen molar-refractivity contribution in [3.05, 3.63) is 47.9 Å². The first-order chi connectivity index (χ1) is 11.6. The summed E-state index contributed by atoms with van der Waals surface area (Å²) in [7, 11) is -3.25. The third kappa shape index (κ3) is 3.22. The van der Waals surface area contributed by atoms with Crippen molar-refractivity contribution in [3.63, 3.8) is 0 Å². The molecule has 2 aromatic heterocycles. The maximum absolute atomic E-state index is 12.7. The molecular formula is C14H11F3N4O3S. The Kier molecular flexibility index (Phi) is 3.82. The summed E-state index contributed by atoms with van der Waals surface area (Å²) in [5.41, 5.74) is -1.12. The monoisotopic (exact) mass is 372 g/mol. The Morgan fingerprint density at radius 1 is 1.24 bits per heavy atom. The largest absolute Gasteiger partial charge is 0.433 e. The van der Waals surface area contributed by atoms with Crippen molar-refractivity contribution in [2.75, 3.05) is 0 Å². The number of benzene rings is 1. The number of fused-ring (bicyclic) bond motifs is 1. The van der Waals surface area contributed by atoms with Gasteiger partial charge in [0.15, 0.2) is 5.69 Å². The highest BCUT2D eigenvalue weighted by molar-refractivity contribution is 7.90. The summed E-state index contributed by atoms with van der Waals surface area (Å²) in [5, 5.41) is 4.02. The molecule has 132 valence electrons. The average molecular weight is 372 g/mol. The molecule has 0 saturated heterocycles. The number of nitrogens with one attached hydrogen (secondary N) is 2. The van der Waals surface area contributed by atoms with E-state index in [1.165, 1.54) is 18.2 Å². The molecule has 0 aliphatic rings. The number of rotatable bonds is 3. The van der Waals surface area contributed by atoms with Crippen LogP contribution in [0.1, 0.15) is 16.2 Å². The van der Waals surface area contributed by atoms with Crippen molar-refractivity contribution in [3.8, 4) is 0 Å². The van der Waals surface area contributed by atoms with Crippen LogP contribution in [-0.4, -0.2) is 29.1 Å². The number of sulfonamides is 1. The van der Waals surface area contributed by atoms with Crippen LogP contribution >= 0.6 is 0 Å². The molecule has 0 bridgehead atoms. The van der Waals surface area contributed by atoms with Gasteiger partial charge in [0.25, 0.3) is 15.9 Å². The number of aromatic amines is 1. The van der Waals surface area contributed by atoms with Crippen molar-refractivity contribution < 1.29 is 26.4 Å². The zero-order valence-electron chi connectivity index (χ0n) is 12.6. The first-order valence-electron chi connectivity index (χ1n) is 6.83. The SMILES string of the molecule is Cn1nc(C(=O)NS(=O)(=O)c2ccc3[nH]ccc3c2)cc1C(F)(F)F. The Morgan fingerprint density at radius 2 is 1.96 bits per heavy atom. The summed E-state index contributed by atoms with van der Waals surface area (Å²) in [5.74, 6) is -1.25. The summed E-state index contributed by atoms with van der Waals surface area (Å²) in [4.78, 5) is 14.7. The van der Waals surface area contributed by atoms with Crippen LogP contribution in [0.4, 0.5) is 13.2 Å². The van der Waals surface area contributed by atoms with Crippen LogP contribution in [0.25, 0.3) is 10.9 Å². The molecule has 0 atom stereocenters. The quantitative estimate of drug-likeness (QED) is 0.735. The van der Waals surface area contributed by atoms with Gasteiger partial charge in [0.1, 0.15) is 5.69 Å². The minimum absolute atomic E-state index is 0.195. The molecule has 3 rings (SSSR count). The first-order valence-corrected chi connectivity index (χ1v) is 8.32. The van der Waals surface area contributed by atoms with Gasteiger partial charge in [-0.1, -0.05) is 0 Å². The number of halogens is 3. The highest BCUT2D eigenvalue weighted by Crippen LogP contribution is 2.29. The van der Waals surface area contributed by atoms with E-state index in [4.69, 9.17) is 0 Å². The second-order valence-electron chi connectivity index (χ2n) is 5.20. The molecule has 1 aromatic carbocycles. The van der Waals surface area contributed by atoms with Gasteiger partial charge in [-0.3, -0.25) is 9.48 Å². The Bertz CT molecular complexity index is 1070. The number of aromatic nitrogens is 3. The van der Waals surface area contributed by atoms with E-state index in [1.54, 1.807) is 17.0 Å². The van der Waals surface area contributed by atoms with Gasteiger partial charge in [-0.2, -0.15) is 18.3 Å². The zero-order valence-corrected chi connectivity index (χ0v) is 13.4. The second-order valence-corrected chi connectivity index (χ2v) is 6.88. The Balaban J connectivity index is 1.89. The zero-order chi connectivity index (χ0) is 18.4. The summed E-state index contributed by atoms with van der Waals surface area (Å²) >= 11 is 0. The van der Waals surface area contributed by atoms with E-state index >= 15 is 0 Å². The number of carbonyl (C=O) groups is 1. The first kappa shape index (κ1) is 17.0. The molecule has 3 aromatic rings. The van der Waals surface area contributed by atoms with E-state index in [1.807, 2.05) is 0 Å². The van der Waals surface area contributed by atoms with Gasteiger partial charge < -0.3 is 4.98 Å². The molecule has 0 fully saturated rings. The Hall–Kier alpha value is -2.82. The highest BCUT2D eigenvalue weighted by Gasteiger charge is 2.36. The van der Waals surface area contributed by atoms with Gasteiger partial charge >= 0.3 is 6.18 Å². The molecule has 0 unspecified atom stereocenters. The number of nitrogens with zero attached hydrogens (tertiary/aromatic N) is 2. The van der Waals surface area contributed by atoms with Gasteiger partial charge in [-0.15, -0.1) is 0 Å². The van der Waals surface area contributed by atoms with E-state index in [-0.39, 0.29) is 4.90 Å². The van der Waals surface area contributed by atoms with Crippen LogP contribution in [0.3, 0.4) is 0 Å². The number of aryl methyl sites for hydroxylation is 1. The van der Waals surface area contributed by atoms with Crippen LogP contribution < -0.4 is 4.72 Å². The predicted octanol–water partition coefficient (Wildman–Crippen LogP) is 2.04. The number of hydrogen-bond donors (Lipinski definition) is 2. The van der Waals surface area contributed by atoms with E-state index in [9.17, 15) is 26.4 Å². The normalized spacial score (nSPS) is 12.5. The van der Waals surface area contributed by atoms with Gasteiger partial charge in [-0.05, 0) is 24.3 Å². The summed E-state index contributed by atoms with van der Waals surface area (Å²) < 4.78 is 64.9. The average Bonchev–Trinajstić information content (AvgIpc) is 3.11. The molecule has 0 aliphatic carbocycles. The fraction of sp³-hybridized carbons (Fsp3) is 0.143. The molecular weight excluding hydrogens is 361 g/mol. The van der Waals surface area contributed by atoms with Gasteiger partial charge in [-0.25, -0.2) is 13.1 Å². The number of hydrogen-bond acceptors (Lipinski definition) is 4. The Labute approximate surface area is 139 Å². The standard InChI is InChI=1S/C14H11F3N4O3S/c1-21-12(14(15,16)17)7-11(19-21)13(22)20-25(23,24)9-2-3-10-8(6-9)4-5-18-10/h2-7,18H,1H3,(H,20,22). The maximum Gasteiger partial charge on any atom is 0.433 e. The molecule has 0 aliphatic heterocycles. The molecule has 0 saturated carbocycles. The lowest BCUT2D eigenvalue weighted by atomic mass is 10.2. The Morgan fingerprint density at radius 3 is 2.60 bits per heavy atom. The van der Waals surface area contributed by atoms with Crippen molar-refractivity contribution in [1.82, 2.24) is 19.5 Å². The minimum Gasteiger partial charge on any atom is -0.361 e. The van der Waals surface area contributed by atoms with Crippen molar-refractivity contribution in [2.45, 2.75) is 11.1 Å². The smallest absolute Gasteiger partial charge is 0.361 e. The topological polar surface area (TPSA) is 96.8 Å². The molecule has 0 spiro atoms. The van der Waals surface area contributed by atoms with Crippen LogP contribution in [0, 0.1) is 0 Å². The van der Waals surface area contributed by atoms with Crippen LogP contribution in [0.5, 0.6) is 0 Å². The molecule has 25 heavy (non-hydrogen) atoms. The van der Waals surface area contributed by atoms with Crippen LogP contribution in [0.2, 0.25) is 0 Å². The lowest BCUT2D eigenvalue weighted by molar-refractivity contribution is -0.143. The van der Waals surface area contributed by atoms with Crippen molar-refractivity contribution in [2.24, 2.45) is 7.05 Å². The summed E-state index contributed by atoms with van der Waals surface area (Å²) in [6, 6.07) is 6.25. The van der Waals surface area contributed by atoms with E-state index in [2.05, 4.69) is 10.1 Å². The second kappa shape index (κ2) is 5.62. The molecule has 2 heterocycles. The molecule has 1 amide bonds. The van der Waals surface area contributed by atoms with E-state index < -0.39 is 33.5 Å². The third-order valence-corrected chi connectivity index (χ3v) is 4.79. The van der Waals surface area contributed by atoms with Gasteiger partial charge in [0.2, 0.25) is 0 Å². The highest BCUT2D eigenvalue weighted by atomic mass is 32.2. The predicted molar refractivity (Wildman–Crippen MR) is 81.2 cm³/mol. The lowest BCUT2D eigenvalue weighted by Crippen LogP contribution is -2.31. The molecule has 0 radical (unpaired) electrons. The maximum atomic E-state index is 12.7. The van der Waals surface area contributed by atoms with E-state index in [0.29, 0.717) is 21.7 Å². The third-order valence-electron chi connectivity index (χ3n) is 3.47. The fourth-order valence-corrected chi connectivity index (χ4v) is 3.27. The summed E-state index contributed by atoms with van der Waals surface area (Å²) in [6.45, 7) is 0. The number of H-pyrrole nitrogens is 1. The fourth-order valence-electron chi connectivity index (χ4n) is 2.28.